The number of ether oxygens (including phenoxy) is 1. The second-order valence-corrected chi connectivity index (χ2v) is 6.16. The average Bonchev–Trinajstić information content (AvgIpc) is 2.33. The molecule has 0 bridgehead atoms. The van der Waals surface area contributed by atoms with Gasteiger partial charge >= 0.3 is 12.3 Å². The molecule has 0 aromatic carbocycles. The van der Waals surface area contributed by atoms with Crippen LogP contribution in [0.25, 0.3) is 0 Å². The van der Waals surface area contributed by atoms with E-state index in [-0.39, 0.29) is 13.0 Å². The Morgan fingerprint density at radius 2 is 1.71 bits per heavy atom. The van der Waals surface area contributed by atoms with Gasteiger partial charge in [-0.15, -0.1) is 0 Å². The molecule has 0 radical (unpaired) electrons. The van der Waals surface area contributed by atoms with E-state index in [1.807, 2.05) is 0 Å². The molecule has 0 unspecified atom stereocenters. The van der Waals surface area contributed by atoms with Crippen molar-refractivity contribution < 1.29 is 27.8 Å². The number of hydrogen-bond donors (Lipinski definition) is 1. The zero-order valence-corrected chi connectivity index (χ0v) is 12.6. The molecule has 0 aromatic rings. The molecule has 1 amide bonds. The van der Waals surface area contributed by atoms with Gasteiger partial charge < -0.3 is 14.7 Å². The van der Waals surface area contributed by atoms with E-state index >= 15 is 0 Å². The van der Waals surface area contributed by atoms with Crippen LogP contribution in [0.4, 0.5) is 18.0 Å². The van der Waals surface area contributed by atoms with Crippen LogP contribution in [0.15, 0.2) is 0 Å². The van der Waals surface area contributed by atoms with Crippen LogP contribution in [0.5, 0.6) is 0 Å². The summed E-state index contributed by atoms with van der Waals surface area (Å²) in [7, 11) is 0. The fraction of sp³-hybridized carbons (Fsp3) is 0.923. The maximum Gasteiger partial charge on any atom is 0.414 e. The van der Waals surface area contributed by atoms with Crippen LogP contribution in [0.3, 0.4) is 0 Å². The van der Waals surface area contributed by atoms with Gasteiger partial charge in [-0.1, -0.05) is 0 Å². The zero-order valence-electron chi connectivity index (χ0n) is 12.6. The Bertz CT molecular complexity index is 348. The van der Waals surface area contributed by atoms with Crippen molar-refractivity contribution in [2.24, 2.45) is 0 Å². The van der Waals surface area contributed by atoms with Gasteiger partial charge in [-0.25, -0.2) is 4.79 Å². The van der Waals surface area contributed by atoms with Crippen LogP contribution in [0.1, 0.15) is 27.2 Å². The van der Waals surface area contributed by atoms with Crippen LogP contribution in [-0.4, -0.2) is 71.6 Å². The van der Waals surface area contributed by atoms with Crippen molar-refractivity contribution >= 4 is 6.09 Å². The molecule has 0 spiro atoms. The lowest BCUT2D eigenvalue weighted by molar-refractivity contribution is -0.206. The minimum atomic E-state index is -4.57. The van der Waals surface area contributed by atoms with Gasteiger partial charge in [0.15, 0.2) is 6.10 Å². The third kappa shape index (κ3) is 6.52. The molecule has 0 saturated carbocycles. The van der Waals surface area contributed by atoms with E-state index < -0.39 is 24.0 Å². The normalized spacial score (nSPS) is 19.5. The number of aliphatic hydroxyl groups is 1. The molecule has 1 fully saturated rings. The van der Waals surface area contributed by atoms with Crippen molar-refractivity contribution in [3.63, 3.8) is 0 Å². The number of nitrogens with zero attached hydrogens (tertiary/aromatic N) is 2. The van der Waals surface area contributed by atoms with E-state index in [9.17, 15) is 18.0 Å². The lowest BCUT2D eigenvalue weighted by Gasteiger charge is -2.35. The summed E-state index contributed by atoms with van der Waals surface area (Å²) >= 11 is 0. The Hall–Kier alpha value is -1.02. The molecule has 1 saturated heterocycles. The van der Waals surface area contributed by atoms with Crippen molar-refractivity contribution in [1.29, 1.82) is 0 Å². The Kier molecular flexibility index (Phi) is 5.86. The number of aliphatic hydroxyl groups excluding tert-OH is 1. The van der Waals surface area contributed by atoms with Crippen molar-refractivity contribution in [3.05, 3.63) is 0 Å². The molecule has 8 heteroatoms. The number of hydrogen-bond acceptors (Lipinski definition) is 4. The van der Waals surface area contributed by atoms with Crippen molar-refractivity contribution in [2.75, 3.05) is 32.7 Å². The average molecular weight is 312 g/mol. The first-order valence-corrected chi connectivity index (χ1v) is 6.94. The Labute approximate surface area is 122 Å². The van der Waals surface area contributed by atoms with Crippen molar-refractivity contribution in [3.8, 4) is 0 Å². The van der Waals surface area contributed by atoms with E-state index in [0.29, 0.717) is 26.2 Å². The van der Waals surface area contributed by atoms with Crippen LogP contribution in [-0.2, 0) is 4.74 Å². The third-order valence-corrected chi connectivity index (χ3v) is 3.12. The van der Waals surface area contributed by atoms with E-state index in [1.165, 1.54) is 0 Å². The molecule has 1 N–H and O–H groups in total. The molecule has 1 atom stereocenters. The van der Waals surface area contributed by atoms with Gasteiger partial charge in [-0.3, -0.25) is 4.90 Å². The van der Waals surface area contributed by atoms with Crippen molar-refractivity contribution in [1.82, 2.24) is 9.80 Å². The minimum Gasteiger partial charge on any atom is -0.444 e. The Morgan fingerprint density at radius 1 is 1.19 bits per heavy atom. The first-order chi connectivity index (χ1) is 9.49. The van der Waals surface area contributed by atoms with Gasteiger partial charge in [0.05, 0.1) is 0 Å². The predicted octanol–water partition coefficient (Wildman–Crippen LogP) is 1.85. The number of rotatable bonds is 3. The highest BCUT2D eigenvalue weighted by molar-refractivity contribution is 5.68. The fourth-order valence-electron chi connectivity index (χ4n) is 1.95. The number of carbonyl (C=O) groups excluding carboxylic acids is 1. The SMILES string of the molecule is CC(C)(C)OC(=O)N1CCN(CC[C@H](O)C(F)(F)F)CC1. The van der Waals surface area contributed by atoms with E-state index in [4.69, 9.17) is 9.84 Å². The smallest absolute Gasteiger partial charge is 0.414 e. The summed E-state index contributed by atoms with van der Waals surface area (Å²) in [6.45, 7) is 7.27. The molecule has 1 heterocycles. The highest BCUT2D eigenvalue weighted by Gasteiger charge is 2.38. The Balaban J connectivity index is 2.31. The molecular formula is C13H23F3N2O3. The number of alkyl halides is 3. The first kappa shape index (κ1) is 18.0. The molecule has 1 aliphatic rings. The minimum absolute atomic E-state index is 0.156. The monoisotopic (exact) mass is 312 g/mol. The zero-order chi connectivity index (χ0) is 16.3. The summed E-state index contributed by atoms with van der Waals surface area (Å²) in [4.78, 5) is 15.2. The van der Waals surface area contributed by atoms with Gasteiger partial charge in [0.2, 0.25) is 0 Å². The topological polar surface area (TPSA) is 53.0 Å². The number of piperazine rings is 1. The summed E-state index contributed by atoms with van der Waals surface area (Å²) < 4.78 is 41.8. The third-order valence-electron chi connectivity index (χ3n) is 3.12. The number of halogens is 3. The standard InChI is InChI=1S/C13H23F3N2O3/c1-12(2,3)21-11(20)18-8-6-17(7-9-18)5-4-10(19)13(14,15)16/h10,19H,4-9H2,1-3H3/t10-/m0/s1. The van der Waals surface area contributed by atoms with E-state index in [2.05, 4.69) is 0 Å². The molecule has 1 aliphatic heterocycles. The van der Waals surface area contributed by atoms with E-state index in [1.54, 1.807) is 30.6 Å². The molecule has 1 rings (SSSR count). The molecule has 0 aliphatic carbocycles. The predicted molar refractivity (Wildman–Crippen MR) is 70.9 cm³/mol. The van der Waals surface area contributed by atoms with Gasteiger partial charge in [0.25, 0.3) is 0 Å². The number of amides is 1. The highest BCUT2D eigenvalue weighted by atomic mass is 19.4. The maximum atomic E-state index is 12.2. The molecular weight excluding hydrogens is 289 g/mol. The van der Waals surface area contributed by atoms with Crippen molar-refractivity contribution in [2.45, 2.75) is 45.1 Å². The van der Waals surface area contributed by atoms with Gasteiger partial charge in [0, 0.05) is 32.7 Å². The maximum absolute atomic E-state index is 12.2. The lowest BCUT2D eigenvalue weighted by atomic mass is 10.2. The summed E-state index contributed by atoms with van der Waals surface area (Å²) in [6, 6.07) is 0. The summed E-state index contributed by atoms with van der Waals surface area (Å²) in [5.74, 6) is 0. The second kappa shape index (κ2) is 6.83. The second-order valence-electron chi connectivity index (χ2n) is 6.16. The van der Waals surface area contributed by atoms with Crippen LogP contribution < -0.4 is 0 Å². The van der Waals surface area contributed by atoms with Gasteiger partial charge in [0.1, 0.15) is 5.60 Å². The van der Waals surface area contributed by atoms with Gasteiger partial charge in [-0.05, 0) is 27.2 Å². The summed E-state index contributed by atoms with van der Waals surface area (Å²) in [5, 5.41) is 8.95. The van der Waals surface area contributed by atoms with E-state index in [0.717, 1.165) is 0 Å². The highest BCUT2D eigenvalue weighted by Crippen LogP contribution is 2.22. The molecule has 0 aromatic heterocycles. The van der Waals surface area contributed by atoms with Crippen LogP contribution in [0, 0.1) is 0 Å². The molecule has 124 valence electrons. The summed E-state index contributed by atoms with van der Waals surface area (Å²) in [5.41, 5.74) is -0.564. The number of carbonyl (C=O) groups is 1. The summed E-state index contributed by atoms with van der Waals surface area (Å²) in [6.07, 6.45) is -7.62. The quantitative estimate of drug-likeness (QED) is 0.864. The Morgan fingerprint density at radius 3 is 2.14 bits per heavy atom. The fourth-order valence-corrected chi connectivity index (χ4v) is 1.95. The van der Waals surface area contributed by atoms with Gasteiger partial charge in [-0.2, -0.15) is 13.2 Å². The van der Waals surface area contributed by atoms with Crippen LogP contribution in [0.2, 0.25) is 0 Å². The lowest BCUT2D eigenvalue weighted by Crippen LogP contribution is -2.50. The molecule has 5 nitrogen and oxygen atoms in total. The molecule has 21 heavy (non-hydrogen) atoms. The van der Waals surface area contributed by atoms with Crippen LogP contribution >= 0.6 is 0 Å². The largest absolute Gasteiger partial charge is 0.444 e. The first-order valence-electron chi connectivity index (χ1n) is 6.94.